The molecule has 0 aliphatic rings. The minimum Gasteiger partial charge on any atom is -0.383 e. The van der Waals surface area contributed by atoms with Gasteiger partial charge >= 0.3 is 0 Å². The van der Waals surface area contributed by atoms with Crippen molar-refractivity contribution in [3.63, 3.8) is 0 Å². The van der Waals surface area contributed by atoms with E-state index in [1.165, 1.54) is 11.8 Å². The van der Waals surface area contributed by atoms with Gasteiger partial charge in [-0.3, -0.25) is 0 Å². The average Bonchev–Trinajstić information content (AvgIpc) is 2.86. The summed E-state index contributed by atoms with van der Waals surface area (Å²) in [6, 6.07) is 11.2. The van der Waals surface area contributed by atoms with E-state index in [0.29, 0.717) is 16.0 Å². The van der Waals surface area contributed by atoms with E-state index in [2.05, 4.69) is 25.5 Å². The molecule has 0 atom stereocenters. The maximum Gasteiger partial charge on any atom is 0.223 e. The maximum atomic E-state index is 5.63. The van der Waals surface area contributed by atoms with Crippen molar-refractivity contribution in [2.45, 2.75) is 10.2 Å². The normalized spacial score (nSPS) is 10.6. The Labute approximate surface area is 118 Å². The summed E-state index contributed by atoms with van der Waals surface area (Å²) in [5, 5.41) is 12.8. The topological polar surface area (TPSA) is 121 Å². The second-order valence-electron chi connectivity index (χ2n) is 3.80. The molecule has 100 valence electrons. The zero-order valence-corrected chi connectivity index (χ0v) is 11.0. The van der Waals surface area contributed by atoms with E-state index in [4.69, 9.17) is 11.5 Å². The van der Waals surface area contributed by atoms with Crippen molar-refractivity contribution < 1.29 is 0 Å². The van der Waals surface area contributed by atoms with Crippen LogP contribution in [0.5, 0.6) is 0 Å². The molecule has 0 radical (unpaired) electrons. The Kier molecular flexibility index (Phi) is 3.17. The second kappa shape index (κ2) is 5.13. The lowest BCUT2D eigenvalue weighted by molar-refractivity contribution is 0.756. The van der Waals surface area contributed by atoms with E-state index in [-0.39, 0.29) is 5.95 Å². The van der Waals surface area contributed by atoms with Gasteiger partial charge in [0.2, 0.25) is 11.1 Å². The van der Waals surface area contributed by atoms with Gasteiger partial charge in [0.1, 0.15) is 10.8 Å². The number of tetrazole rings is 1. The van der Waals surface area contributed by atoms with Crippen LogP contribution in [-0.4, -0.2) is 30.2 Å². The molecule has 0 saturated heterocycles. The van der Waals surface area contributed by atoms with E-state index in [1.54, 1.807) is 10.7 Å². The van der Waals surface area contributed by atoms with Crippen LogP contribution in [0.4, 0.5) is 11.8 Å². The fourth-order valence-corrected chi connectivity index (χ4v) is 2.39. The molecule has 0 aliphatic carbocycles. The van der Waals surface area contributed by atoms with Crippen LogP contribution < -0.4 is 11.5 Å². The van der Waals surface area contributed by atoms with E-state index in [1.807, 2.05) is 30.3 Å². The van der Waals surface area contributed by atoms with Gasteiger partial charge in [-0.2, -0.15) is 9.67 Å². The molecular formula is C11H10N8S. The predicted molar refractivity (Wildman–Crippen MR) is 74.1 cm³/mol. The number of nitrogens with two attached hydrogens (primary N) is 2. The molecule has 3 rings (SSSR count). The van der Waals surface area contributed by atoms with Crippen LogP contribution >= 0.6 is 11.8 Å². The summed E-state index contributed by atoms with van der Waals surface area (Å²) in [5.41, 5.74) is 12.1. The maximum absolute atomic E-state index is 5.63. The van der Waals surface area contributed by atoms with Gasteiger partial charge in [-0.05, 0) is 34.3 Å². The van der Waals surface area contributed by atoms with Crippen LogP contribution in [0.15, 0.2) is 46.6 Å². The highest BCUT2D eigenvalue weighted by Gasteiger charge is 2.11. The van der Waals surface area contributed by atoms with Gasteiger partial charge in [0, 0.05) is 6.07 Å². The molecule has 0 aliphatic heterocycles. The largest absolute Gasteiger partial charge is 0.383 e. The molecular weight excluding hydrogens is 276 g/mol. The highest BCUT2D eigenvalue weighted by Crippen LogP contribution is 2.26. The Balaban J connectivity index is 1.94. The second-order valence-corrected chi connectivity index (χ2v) is 4.79. The Morgan fingerprint density at radius 3 is 2.60 bits per heavy atom. The molecule has 8 nitrogen and oxygen atoms in total. The minimum atomic E-state index is 0.117. The molecule has 2 heterocycles. The van der Waals surface area contributed by atoms with Crippen LogP contribution in [0.25, 0.3) is 5.69 Å². The Hall–Kier alpha value is -2.68. The van der Waals surface area contributed by atoms with E-state index >= 15 is 0 Å². The number of para-hydroxylation sites is 1. The molecule has 0 spiro atoms. The first-order valence-electron chi connectivity index (χ1n) is 5.64. The predicted octanol–water partition coefficient (Wildman–Crippen LogP) is 0.768. The molecule has 9 heteroatoms. The van der Waals surface area contributed by atoms with Crippen LogP contribution in [0.1, 0.15) is 0 Å². The number of aromatic nitrogens is 6. The molecule has 4 N–H and O–H groups in total. The summed E-state index contributed by atoms with van der Waals surface area (Å²) in [6.07, 6.45) is 0. The van der Waals surface area contributed by atoms with Gasteiger partial charge in [0.05, 0.1) is 5.69 Å². The van der Waals surface area contributed by atoms with Crippen molar-refractivity contribution >= 4 is 23.5 Å². The molecule has 1 aromatic carbocycles. The van der Waals surface area contributed by atoms with Crippen molar-refractivity contribution in [1.29, 1.82) is 0 Å². The van der Waals surface area contributed by atoms with Gasteiger partial charge in [0.25, 0.3) is 0 Å². The number of nitrogen functional groups attached to an aromatic ring is 2. The first kappa shape index (κ1) is 12.4. The van der Waals surface area contributed by atoms with Crippen molar-refractivity contribution in [1.82, 2.24) is 30.2 Å². The molecule has 0 fully saturated rings. The first-order chi connectivity index (χ1) is 9.72. The van der Waals surface area contributed by atoms with E-state index < -0.39 is 0 Å². The Morgan fingerprint density at radius 2 is 1.85 bits per heavy atom. The first-order valence-corrected chi connectivity index (χ1v) is 6.46. The highest BCUT2D eigenvalue weighted by atomic mass is 32.2. The number of hydrogen-bond donors (Lipinski definition) is 2. The van der Waals surface area contributed by atoms with Crippen LogP contribution in [0, 0.1) is 0 Å². The number of rotatable bonds is 3. The molecule has 0 bridgehead atoms. The fourth-order valence-electron chi connectivity index (χ4n) is 1.58. The zero-order chi connectivity index (χ0) is 13.9. The van der Waals surface area contributed by atoms with Gasteiger partial charge in [0.15, 0.2) is 0 Å². The summed E-state index contributed by atoms with van der Waals surface area (Å²) >= 11 is 1.26. The third kappa shape index (κ3) is 2.52. The van der Waals surface area contributed by atoms with Crippen LogP contribution in [-0.2, 0) is 0 Å². The third-order valence-corrected chi connectivity index (χ3v) is 3.23. The van der Waals surface area contributed by atoms with Crippen molar-refractivity contribution in [3.05, 3.63) is 36.4 Å². The van der Waals surface area contributed by atoms with Gasteiger partial charge < -0.3 is 11.5 Å². The lowest BCUT2D eigenvalue weighted by atomic mass is 10.3. The molecule has 0 unspecified atom stereocenters. The monoisotopic (exact) mass is 286 g/mol. The van der Waals surface area contributed by atoms with Crippen LogP contribution in [0.2, 0.25) is 0 Å². The number of nitrogens with zero attached hydrogens (tertiary/aromatic N) is 6. The summed E-state index contributed by atoms with van der Waals surface area (Å²) in [7, 11) is 0. The standard InChI is InChI=1S/C11H10N8S/c12-8-6-9(15-10(13)14-8)20-11-16-17-18-19(11)7-4-2-1-3-5-7/h1-6H,(H4,12,13,14,15). The lowest BCUT2D eigenvalue weighted by Gasteiger charge is -2.04. The summed E-state index contributed by atoms with van der Waals surface area (Å²) in [6.45, 7) is 0. The molecule has 0 saturated carbocycles. The number of anilines is 2. The van der Waals surface area contributed by atoms with Crippen molar-refractivity contribution in [3.8, 4) is 5.69 Å². The number of benzene rings is 1. The fraction of sp³-hybridized carbons (Fsp3) is 0. The average molecular weight is 286 g/mol. The van der Waals surface area contributed by atoms with Gasteiger partial charge in [-0.15, -0.1) is 5.10 Å². The SMILES string of the molecule is Nc1cc(Sc2nnnn2-c2ccccc2)nc(N)n1. The van der Waals surface area contributed by atoms with E-state index in [9.17, 15) is 0 Å². The quantitative estimate of drug-likeness (QED) is 0.677. The number of hydrogen-bond acceptors (Lipinski definition) is 8. The highest BCUT2D eigenvalue weighted by molar-refractivity contribution is 7.99. The smallest absolute Gasteiger partial charge is 0.223 e. The molecule has 2 aromatic heterocycles. The molecule has 3 aromatic rings. The summed E-state index contributed by atoms with van der Waals surface area (Å²) in [5.74, 6) is 0.421. The van der Waals surface area contributed by atoms with Crippen molar-refractivity contribution in [2.24, 2.45) is 0 Å². The Bertz CT molecular complexity index is 706. The summed E-state index contributed by atoms with van der Waals surface area (Å²) in [4.78, 5) is 7.90. The van der Waals surface area contributed by atoms with Gasteiger partial charge in [-0.25, -0.2) is 4.98 Å². The van der Waals surface area contributed by atoms with Gasteiger partial charge in [-0.1, -0.05) is 18.2 Å². The zero-order valence-electron chi connectivity index (χ0n) is 10.2. The summed E-state index contributed by atoms with van der Waals surface area (Å²) < 4.78 is 1.61. The minimum absolute atomic E-state index is 0.117. The Morgan fingerprint density at radius 1 is 1.05 bits per heavy atom. The van der Waals surface area contributed by atoms with Crippen LogP contribution in [0.3, 0.4) is 0 Å². The van der Waals surface area contributed by atoms with Crippen molar-refractivity contribution in [2.75, 3.05) is 11.5 Å². The molecule has 0 amide bonds. The lowest BCUT2D eigenvalue weighted by Crippen LogP contribution is -2.01. The molecule has 20 heavy (non-hydrogen) atoms. The third-order valence-electron chi connectivity index (χ3n) is 2.38. The van der Waals surface area contributed by atoms with E-state index in [0.717, 1.165) is 5.69 Å².